The van der Waals surface area contributed by atoms with Crippen LogP contribution in [0.5, 0.6) is 0 Å². The van der Waals surface area contributed by atoms with Crippen LogP contribution in [0, 0.1) is 12.8 Å². The predicted octanol–water partition coefficient (Wildman–Crippen LogP) is 10.4. The molecule has 24 nitrogen and oxygen atoms in total. The molecule has 8 aromatic heterocycles. The molecule has 0 saturated heterocycles. The molecule has 93 heavy (non-hydrogen) atoms. The fourth-order valence-corrected chi connectivity index (χ4v) is 17.2. The molecule has 0 radical (unpaired) electrons. The third-order valence-corrected chi connectivity index (χ3v) is 21.9. The van der Waals surface area contributed by atoms with Crippen molar-refractivity contribution in [3.63, 3.8) is 0 Å². The summed E-state index contributed by atoms with van der Waals surface area (Å²) in [7, 11) is 4.28. The fourth-order valence-electron chi connectivity index (χ4n) is 9.43. The molecule has 10 aromatic rings. The van der Waals surface area contributed by atoms with Crippen LogP contribution in [0.1, 0.15) is 144 Å². The van der Waals surface area contributed by atoms with Gasteiger partial charge in [-0.2, -0.15) is 0 Å². The zero-order valence-electron chi connectivity index (χ0n) is 50.6. The van der Waals surface area contributed by atoms with Crippen molar-refractivity contribution in [3.8, 4) is 43.4 Å². The molecule has 9 heterocycles. The van der Waals surface area contributed by atoms with E-state index in [-0.39, 0.29) is 58.8 Å². The van der Waals surface area contributed by atoms with Gasteiger partial charge in [0.15, 0.2) is 5.16 Å². The highest BCUT2D eigenvalue weighted by Gasteiger charge is 2.33. The number of aliphatic hydroxyl groups excluding tert-OH is 1. The van der Waals surface area contributed by atoms with Gasteiger partial charge < -0.3 is 46.7 Å². The Morgan fingerprint density at radius 1 is 0.699 bits per heavy atom. The van der Waals surface area contributed by atoms with E-state index in [4.69, 9.17) is 34.6 Å². The Balaban J connectivity index is 0.950. The maximum absolute atomic E-state index is 14.5. The number of ether oxygens (including phenoxy) is 1. The van der Waals surface area contributed by atoms with Crippen molar-refractivity contribution in [2.45, 2.75) is 95.1 Å². The molecule has 0 aliphatic carbocycles. The lowest BCUT2D eigenvalue weighted by atomic mass is 10.0. The van der Waals surface area contributed by atoms with Crippen molar-refractivity contribution in [2.75, 3.05) is 20.1 Å². The molecule has 0 spiro atoms. The largest absolute Gasteiger partial charge is 0.460 e. The van der Waals surface area contributed by atoms with Crippen LogP contribution < -0.4 is 31.9 Å². The molecule has 11 rings (SSSR count). The van der Waals surface area contributed by atoms with E-state index in [2.05, 4.69) is 46.9 Å². The van der Waals surface area contributed by atoms with Crippen LogP contribution in [-0.2, 0) is 24.9 Å². The monoisotopic (exact) mass is 1400 g/mol. The molecular weight excluding hydrogens is 1340 g/mol. The lowest BCUT2D eigenvalue weighted by molar-refractivity contribution is -0.154. The Kier molecular flexibility index (Phi) is 20.6. The molecule has 0 fully saturated rings. The highest BCUT2D eigenvalue weighted by Crippen LogP contribution is 2.41. The van der Waals surface area contributed by atoms with E-state index in [9.17, 15) is 38.7 Å². The molecule has 4 unspecified atom stereocenters. The Bertz CT molecular complexity index is 4400. The number of carbonyl (C=O) groups is 7. The van der Waals surface area contributed by atoms with Gasteiger partial charge in [0, 0.05) is 56.2 Å². The number of amides is 6. The molecule has 1 aliphatic rings. The van der Waals surface area contributed by atoms with Gasteiger partial charge in [0.2, 0.25) is 11.8 Å². The predicted molar refractivity (Wildman–Crippen MR) is 362 cm³/mol. The van der Waals surface area contributed by atoms with E-state index in [1.807, 2.05) is 38.1 Å². The number of hydrogen-bond donors (Lipinski definition) is 8. The molecular formula is C61H59N15O9S8. The van der Waals surface area contributed by atoms with Crippen LogP contribution in [0.25, 0.3) is 54.4 Å². The zero-order valence-corrected chi connectivity index (χ0v) is 57.2. The maximum Gasteiger partial charge on any atom is 0.308 e. The minimum absolute atomic E-state index is 0.0138. The van der Waals surface area contributed by atoms with Crippen LogP contribution >= 0.6 is 89.6 Å². The number of H-pyrrole nitrogens is 1. The number of aliphatic hydroxyl groups is 1. The summed E-state index contributed by atoms with van der Waals surface area (Å²) in [6.45, 7) is 10.3. The Morgan fingerprint density at radius 2 is 1.42 bits per heavy atom. The van der Waals surface area contributed by atoms with Crippen molar-refractivity contribution >= 4 is 142 Å². The number of aryl methyl sites for hydroxylation is 1. The van der Waals surface area contributed by atoms with Crippen molar-refractivity contribution in [1.29, 1.82) is 0 Å². The van der Waals surface area contributed by atoms with Gasteiger partial charge in [-0.1, -0.05) is 67.1 Å². The van der Waals surface area contributed by atoms with Gasteiger partial charge in [-0.05, 0) is 74.2 Å². The molecule has 2 aromatic carbocycles. The number of para-hydroxylation sites is 2. The van der Waals surface area contributed by atoms with Gasteiger partial charge in [0.05, 0.1) is 48.2 Å². The van der Waals surface area contributed by atoms with E-state index in [0.717, 1.165) is 33.7 Å². The number of rotatable bonds is 14. The van der Waals surface area contributed by atoms with E-state index in [1.165, 1.54) is 74.0 Å². The molecule has 480 valence electrons. The lowest BCUT2D eigenvalue weighted by Crippen LogP contribution is -2.40. The SMILES string of the molecule is CNC(=O)CC1NC(=O)c2csc(n2)-c2ccc(-c3nc(C(=O)NCCC(=O)OC(C)(C)C)cs3)nc2-c2csc(n2)-c2csc(n2)C(C(O)c2ccccc2)NC(=O)CNC(=O)c2nc(sc2CSSc2nc3ccccc3[nH]2)C(C(C)C)NC(=O)c2nc1sc2C. The van der Waals surface area contributed by atoms with Gasteiger partial charge in [-0.15, -0.1) is 68.0 Å². The van der Waals surface area contributed by atoms with Crippen LogP contribution in [0.4, 0.5) is 0 Å². The number of aromatic amines is 1. The number of nitrogens with one attached hydrogen (secondary N) is 7. The highest BCUT2D eigenvalue weighted by molar-refractivity contribution is 8.76. The molecule has 1 aliphatic heterocycles. The fraction of sp³-hybridized carbons (Fsp3) is 0.295. The van der Waals surface area contributed by atoms with Crippen LogP contribution in [0.3, 0.4) is 0 Å². The van der Waals surface area contributed by atoms with Crippen LogP contribution in [0.2, 0.25) is 0 Å². The Labute approximate surface area is 563 Å². The minimum atomic E-state index is -1.30. The van der Waals surface area contributed by atoms with Gasteiger partial charge in [0.1, 0.15) is 87.7 Å². The van der Waals surface area contributed by atoms with Gasteiger partial charge in [0.25, 0.3) is 23.6 Å². The average molecular weight is 1400 g/mol. The number of pyridine rings is 1. The van der Waals surface area contributed by atoms with Crippen molar-refractivity contribution in [1.82, 2.24) is 76.8 Å². The van der Waals surface area contributed by atoms with E-state index < -0.39 is 77.8 Å². The molecule has 6 amide bonds. The summed E-state index contributed by atoms with van der Waals surface area (Å²) in [6.07, 6.45) is -1.57. The van der Waals surface area contributed by atoms with Gasteiger partial charge >= 0.3 is 5.97 Å². The molecule has 32 heteroatoms. The number of esters is 1. The summed E-state index contributed by atoms with van der Waals surface area (Å²) in [5.74, 6) is -3.83. The Hall–Kier alpha value is -8.21. The Morgan fingerprint density at radius 3 is 2.19 bits per heavy atom. The van der Waals surface area contributed by atoms with Crippen LogP contribution in [-0.4, -0.2) is 117 Å². The summed E-state index contributed by atoms with van der Waals surface area (Å²) < 4.78 is 5.37. The lowest BCUT2D eigenvalue weighted by Gasteiger charge is -2.23. The number of aromatic nitrogens is 9. The summed E-state index contributed by atoms with van der Waals surface area (Å²) >= 11 is 7.17. The smallest absolute Gasteiger partial charge is 0.308 e. The molecule has 0 saturated carbocycles. The van der Waals surface area contributed by atoms with E-state index in [1.54, 1.807) is 91.7 Å². The number of imidazole rings is 1. The molecule has 8 N–H and O–H groups in total. The molecule has 10 bridgehead atoms. The summed E-state index contributed by atoms with van der Waals surface area (Å²) in [4.78, 5) is 140. The normalized spacial score (nSPS) is 16.0. The topological polar surface area (TPSA) is 340 Å². The van der Waals surface area contributed by atoms with Crippen molar-refractivity contribution < 1.29 is 43.4 Å². The zero-order chi connectivity index (χ0) is 65.7. The second-order valence-electron chi connectivity index (χ2n) is 22.2. The first kappa shape index (κ1) is 66.3. The second-order valence-corrected chi connectivity index (χ2v) is 30.3. The highest BCUT2D eigenvalue weighted by atomic mass is 33.1. The number of benzene rings is 2. The quantitative estimate of drug-likeness (QED) is 0.0370. The number of fused-ring (bicyclic) bond motifs is 15. The number of hydrogen-bond acceptors (Lipinski definition) is 25. The van der Waals surface area contributed by atoms with Crippen molar-refractivity contribution in [2.24, 2.45) is 5.92 Å². The first-order valence-corrected chi connectivity index (χ1v) is 36.3. The molecule has 4 atom stereocenters. The summed E-state index contributed by atoms with van der Waals surface area (Å²) in [5.41, 5.74) is 3.71. The van der Waals surface area contributed by atoms with Gasteiger partial charge in [-0.25, -0.2) is 39.9 Å². The first-order valence-electron chi connectivity index (χ1n) is 28.8. The first-order chi connectivity index (χ1) is 44.6. The minimum Gasteiger partial charge on any atom is -0.460 e. The van der Waals surface area contributed by atoms with Crippen molar-refractivity contribution in [3.05, 3.63) is 141 Å². The maximum atomic E-state index is 14.5. The number of nitrogens with zero attached hydrogens (tertiary/aromatic N) is 8. The van der Waals surface area contributed by atoms with Crippen LogP contribution in [0.15, 0.2) is 93.4 Å². The number of thiazole rings is 6. The summed E-state index contributed by atoms with van der Waals surface area (Å²) in [6, 6.07) is 17.1. The third-order valence-electron chi connectivity index (χ3n) is 13.9. The van der Waals surface area contributed by atoms with Gasteiger partial charge in [-0.3, -0.25) is 33.6 Å². The van der Waals surface area contributed by atoms with E-state index in [0.29, 0.717) is 73.9 Å². The number of carbonyl (C=O) groups excluding carboxylic acids is 7. The summed E-state index contributed by atoms with van der Waals surface area (Å²) in [5, 5.41) is 38.7. The van der Waals surface area contributed by atoms with E-state index >= 15 is 0 Å². The second kappa shape index (κ2) is 29.0. The third kappa shape index (κ3) is 15.9. The average Bonchev–Trinajstić information content (AvgIpc) is 1.72. The standard InChI is InChI=1S/C61H59N15O9S8/c1-28(2)44-59-76-47(40(92-59)27-90-93-60-71-32-15-11-12-16-33(32)72-60)52(83)64-22-42(78)73-48(49(80)30-13-9-8-10-14-30)58-70-39(26-89-58)56-67-36(23-87-56)46-31(17-18-34(65-46)55-69-37(24-88-55)50(81)63-20-19-43(79)85-61(4,5)6)54-68-38(25-86-54)51(82)66-35(21-41(77)62-7)57-75-45(29(3)91-57)53(84)74-44/h8-18,23-26,28,35,44,48-49,80H,19-22,27H2,1-7H3,(H,62,77)(H,63,81)(H,64,83)(H,66,82)(H,71,72)(H,73,78)(H,74,84).